The molecule has 6 nitrogen and oxygen atoms in total. The zero-order chi connectivity index (χ0) is 18.4. The summed E-state index contributed by atoms with van der Waals surface area (Å²) in [7, 11) is 0. The molecule has 0 aliphatic carbocycles. The molecule has 0 radical (unpaired) electrons. The third-order valence-corrected chi connectivity index (χ3v) is 4.65. The van der Waals surface area contributed by atoms with Crippen molar-refractivity contribution in [2.45, 2.75) is 26.2 Å². The highest BCUT2D eigenvalue weighted by molar-refractivity contribution is 6.30. The molecular formula is C18H26ClN3O3. The van der Waals surface area contributed by atoms with Gasteiger partial charge in [0.1, 0.15) is 0 Å². The number of hydrogen-bond acceptors (Lipinski definition) is 3. The number of hydrogen-bond donors (Lipinski definition) is 1. The van der Waals surface area contributed by atoms with Crippen molar-refractivity contribution in [2.24, 2.45) is 0 Å². The summed E-state index contributed by atoms with van der Waals surface area (Å²) in [6, 6.07) is 7.56. The second-order valence-electron chi connectivity index (χ2n) is 6.72. The molecule has 7 heteroatoms. The quantitative estimate of drug-likeness (QED) is 0.889. The maximum absolute atomic E-state index is 12.4. The van der Waals surface area contributed by atoms with Crippen LogP contribution in [0.1, 0.15) is 26.3 Å². The second kappa shape index (κ2) is 8.43. The first-order valence-electron chi connectivity index (χ1n) is 8.54. The average molecular weight is 368 g/mol. The fraction of sp³-hybridized carbons (Fsp3) is 0.556. The summed E-state index contributed by atoms with van der Waals surface area (Å²) in [4.78, 5) is 27.4. The lowest BCUT2D eigenvalue weighted by atomic mass is 9.85. The fourth-order valence-electron chi connectivity index (χ4n) is 2.72. The normalized spacial score (nSPS) is 15.0. The van der Waals surface area contributed by atoms with Gasteiger partial charge in [-0.15, -0.1) is 0 Å². The van der Waals surface area contributed by atoms with Crippen molar-refractivity contribution in [3.05, 3.63) is 34.9 Å². The summed E-state index contributed by atoms with van der Waals surface area (Å²) in [6.07, 6.45) is -0.313. The van der Waals surface area contributed by atoms with Crippen LogP contribution in [0.4, 0.5) is 9.59 Å². The lowest BCUT2D eigenvalue weighted by molar-refractivity contribution is 0.0850. The smallest absolute Gasteiger partial charge is 0.409 e. The molecule has 0 bridgehead atoms. The van der Waals surface area contributed by atoms with Crippen molar-refractivity contribution in [3.8, 4) is 0 Å². The molecule has 1 aromatic rings. The summed E-state index contributed by atoms with van der Waals surface area (Å²) >= 11 is 5.93. The highest BCUT2D eigenvalue weighted by Crippen LogP contribution is 2.24. The maximum Gasteiger partial charge on any atom is 0.409 e. The number of nitrogens with one attached hydrogen (secondary N) is 1. The van der Waals surface area contributed by atoms with Crippen molar-refractivity contribution in [1.29, 1.82) is 0 Å². The molecule has 0 spiro atoms. The van der Waals surface area contributed by atoms with Gasteiger partial charge in [-0.25, -0.2) is 9.59 Å². The topological polar surface area (TPSA) is 61.9 Å². The number of urea groups is 1. The van der Waals surface area contributed by atoms with Gasteiger partial charge in [-0.1, -0.05) is 37.6 Å². The maximum atomic E-state index is 12.4. The van der Waals surface area contributed by atoms with Gasteiger partial charge < -0.3 is 19.9 Å². The molecule has 1 heterocycles. The van der Waals surface area contributed by atoms with E-state index >= 15 is 0 Å². The molecule has 0 aromatic heterocycles. The molecule has 1 aliphatic rings. The number of carbonyl (C=O) groups is 2. The van der Waals surface area contributed by atoms with E-state index in [0.29, 0.717) is 44.4 Å². The lowest BCUT2D eigenvalue weighted by Gasteiger charge is -2.35. The largest absolute Gasteiger partial charge is 0.450 e. The van der Waals surface area contributed by atoms with Crippen molar-refractivity contribution >= 4 is 23.7 Å². The predicted molar refractivity (Wildman–Crippen MR) is 98.0 cm³/mol. The Morgan fingerprint density at radius 1 is 1.12 bits per heavy atom. The van der Waals surface area contributed by atoms with Crippen molar-refractivity contribution in [2.75, 3.05) is 39.3 Å². The van der Waals surface area contributed by atoms with Crippen LogP contribution < -0.4 is 5.32 Å². The van der Waals surface area contributed by atoms with E-state index in [2.05, 4.69) is 19.2 Å². The molecule has 1 saturated heterocycles. The highest BCUT2D eigenvalue weighted by Gasteiger charge is 2.27. The van der Waals surface area contributed by atoms with Crippen LogP contribution in [0.25, 0.3) is 0 Å². The molecule has 0 unspecified atom stereocenters. The van der Waals surface area contributed by atoms with Gasteiger partial charge in [-0.05, 0) is 24.6 Å². The molecular weight excluding hydrogens is 342 g/mol. The highest BCUT2D eigenvalue weighted by atomic mass is 35.5. The molecule has 0 atom stereocenters. The van der Waals surface area contributed by atoms with Gasteiger partial charge in [0.05, 0.1) is 6.61 Å². The molecule has 3 amide bonds. The Kier molecular flexibility index (Phi) is 6.53. The van der Waals surface area contributed by atoms with E-state index in [-0.39, 0.29) is 17.5 Å². The van der Waals surface area contributed by atoms with Crippen molar-refractivity contribution in [1.82, 2.24) is 15.1 Å². The summed E-state index contributed by atoms with van der Waals surface area (Å²) in [5, 5.41) is 3.69. The number of nitrogens with zero attached hydrogens (tertiary/aromatic N) is 2. The number of ether oxygens (including phenoxy) is 1. The van der Waals surface area contributed by atoms with Crippen LogP contribution in [0, 0.1) is 0 Å². The molecule has 0 saturated carbocycles. The van der Waals surface area contributed by atoms with Crippen LogP contribution in [0.2, 0.25) is 5.02 Å². The Labute approximate surface area is 154 Å². The van der Waals surface area contributed by atoms with Gasteiger partial charge in [0, 0.05) is 43.2 Å². The minimum Gasteiger partial charge on any atom is -0.450 e. The van der Waals surface area contributed by atoms with Crippen LogP contribution in [-0.2, 0) is 10.2 Å². The number of benzene rings is 1. The molecule has 1 fully saturated rings. The molecule has 2 rings (SSSR count). The Balaban J connectivity index is 1.82. The van der Waals surface area contributed by atoms with Gasteiger partial charge in [0.25, 0.3) is 0 Å². The van der Waals surface area contributed by atoms with Crippen LogP contribution in [-0.4, -0.2) is 61.3 Å². The Bertz CT molecular complexity index is 596. The molecule has 1 aromatic carbocycles. The molecule has 1 aliphatic heterocycles. The van der Waals surface area contributed by atoms with Gasteiger partial charge >= 0.3 is 12.1 Å². The third-order valence-electron chi connectivity index (χ3n) is 4.40. The SMILES string of the molecule is CCOC(=O)N1CCN(C(=O)NCC(C)(C)c2ccc(Cl)cc2)CC1. The van der Waals surface area contributed by atoms with Crippen LogP contribution in [0.3, 0.4) is 0 Å². The first kappa shape index (κ1) is 19.4. The minimum absolute atomic E-state index is 0.106. The van der Waals surface area contributed by atoms with E-state index in [9.17, 15) is 9.59 Å². The second-order valence-corrected chi connectivity index (χ2v) is 7.16. The van der Waals surface area contributed by atoms with Crippen LogP contribution >= 0.6 is 11.6 Å². The Morgan fingerprint density at radius 2 is 1.68 bits per heavy atom. The first-order chi connectivity index (χ1) is 11.8. The van der Waals surface area contributed by atoms with Crippen molar-refractivity contribution in [3.63, 3.8) is 0 Å². The van der Waals surface area contributed by atoms with Gasteiger partial charge in [0.15, 0.2) is 0 Å². The Morgan fingerprint density at radius 3 is 2.24 bits per heavy atom. The van der Waals surface area contributed by atoms with E-state index in [0.717, 1.165) is 5.56 Å². The summed E-state index contributed by atoms with van der Waals surface area (Å²) < 4.78 is 4.99. The third kappa shape index (κ3) is 5.26. The Hall–Kier alpha value is -1.95. The molecule has 1 N–H and O–H groups in total. The van der Waals surface area contributed by atoms with E-state index in [1.165, 1.54) is 0 Å². The van der Waals surface area contributed by atoms with E-state index < -0.39 is 0 Å². The standard InChI is InChI=1S/C18H26ClN3O3/c1-4-25-17(24)22-11-9-21(10-12-22)16(23)20-13-18(2,3)14-5-7-15(19)8-6-14/h5-8H,4,9-13H2,1-3H3,(H,20,23). The predicted octanol–water partition coefficient (Wildman–Crippen LogP) is 3.10. The number of carbonyl (C=O) groups excluding carboxylic acids is 2. The van der Waals surface area contributed by atoms with E-state index in [4.69, 9.17) is 16.3 Å². The number of halogens is 1. The van der Waals surface area contributed by atoms with Crippen molar-refractivity contribution < 1.29 is 14.3 Å². The summed E-state index contributed by atoms with van der Waals surface area (Å²) in [5.74, 6) is 0. The number of amides is 3. The minimum atomic E-state index is -0.313. The molecule has 138 valence electrons. The van der Waals surface area contributed by atoms with Crippen LogP contribution in [0.15, 0.2) is 24.3 Å². The molecule has 25 heavy (non-hydrogen) atoms. The summed E-state index contributed by atoms with van der Waals surface area (Å²) in [5.41, 5.74) is 0.914. The monoisotopic (exact) mass is 367 g/mol. The van der Waals surface area contributed by atoms with E-state index in [1.807, 2.05) is 24.3 Å². The van der Waals surface area contributed by atoms with E-state index in [1.54, 1.807) is 16.7 Å². The van der Waals surface area contributed by atoms with Gasteiger partial charge in [-0.3, -0.25) is 0 Å². The zero-order valence-electron chi connectivity index (χ0n) is 15.0. The lowest BCUT2D eigenvalue weighted by Crippen LogP contribution is -2.54. The van der Waals surface area contributed by atoms with Crippen LogP contribution in [0.5, 0.6) is 0 Å². The number of rotatable bonds is 4. The average Bonchev–Trinajstić information content (AvgIpc) is 2.60. The van der Waals surface area contributed by atoms with Gasteiger partial charge in [0.2, 0.25) is 0 Å². The summed E-state index contributed by atoms with van der Waals surface area (Å²) in [6.45, 7) is 8.82. The number of piperazine rings is 1. The zero-order valence-corrected chi connectivity index (χ0v) is 15.8. The van der Waals surface area contributed by atoms with Gasteiger partial charge in [-0.2, -0.15) is 0 Å². The fourth-order valence-corrected chi connectivity index (χ4v) is 2.84. The first-order valence-corrected chi connectivity index (χ1v) is 8.92.